The minimum atomic E-state index is -0.917. The molecule has 1 aromatic carbocycles. The third-order valence-electron chi connectivity index (χ3n) is 3.56. The van der Waals surface area contributed by atoms with Gasteiger partial charge in [0.05, 0.1) is 6.10 Å². The van der Waals surface area contributed by atoms with E-state index in [9.17, 15) is 8.78 Å². The zero-order chi connectivity index (χ0) is 16.2. The van der Waals surface area contributed by atoms with Crippen LogP contribution in [0.3, 0.4) is 0 Å². The molecule has 1 fully saturated rings. The van der Waals surface area contributed by atoms with Crippen LogP contribution < -0.4 is 10.6 Å². The minimum Gasteiger partial charge on any atom is -0.376 e. The van der Waals surface area contributed by atoms with Crippen LogP contribution in [0.15, 0.2) is 24.3 Å². The lowest BCUT2D eigenvalue weighted by atomic mass is 10.2. The maximum Gasteiger partial charge on any atom is 0.229 e. The van der Waals surface area contributed by atoms with Crippen molar-refractivity contribution in [3.8, 4) is 0 Å². The van der Waals surface area contributed by atoms with E-state index in [1.807, 2.05) is 13.0 Å². The van der Waals surface area contributed by atoms with Crippen LogP contribution in [0.4, 0.5) is 26.2 Å². The Hall–Kier alpha value is -2.28. The first-order chi connectivity index (χ1) is 11.1. The van der Waals surface area contributed by atoms with E-state index >= 15 is 0 Å². The van der Waals surface area contributed by atoms with Crippen LogP contribution in [0.25, 0.3) is 0 Å². The van der Waals surface area contributed by atoms with Gasteiger partial charge in [-0.15, -0.1) is 0 Å². The first-order valence-corrected chi connectivity index (χ1v) is 7.53. The molecule has 5 nitrogen and oxygen atoms in total. The van der Waals surface area contributed by atoms with Crippen LogP contribution in [0.5, 0.6) is 0 Å². The summed E-state index contributed by atoms with van der Waals surface area (Å²) in [5.74, 6) is -0.817. The Labute approximate surface area is 133 Å². The van der Waals surface area contributed by atoms with Crippen LogP contribution in [0.2, 0.25) is 0 Å². The Kier molecular flexibility index (Phi) is 4.66. The molecule has 1 aliphatic heterocycles. The van der Waals surface area contributed by atoms with Gasteiger partial charge in [0.15, 0.2) is 11.6 Å². The highest BCUT2D eigenvalue weighted by Gasteiger charge is 2.15. The standard InChI is InChI=1S/C16H18F2N4O/c1-10-7-15(19-9-12-3-2-6-23-12)22-16(20-10)21-11-4-5-13(17)14(18)8-11/h4-5,7-8,12H,2-3,6,9H2,1H3,(H2,19,20,21,22). The number of aromatic nitrogens is 2. The first kappa shape index (κ1) is 15.6. The van der Waals surface area contributed by atoms with Crippen LogP contribution in [0.1, 0.15) is 18.5 Å². The quantitative estimate of drug-likeness (QED) is 0.884. The summed E-state index contributed by atoms with van der Waals surface area (Å²) in [5, 5.41) is 6.10. The smallest absolute Gasteiger partial charge is 0.229 e. The zero-order valence-corrected chi connectivity index (χ0v) is 12.8. The molecule has 0 bridgehead atoms. The third kappa shape index (κ3) is 4.13. The molecule has 3 rings (SSSR count). The molecule has 23 heavy (non-hydrogen) atoms. The van der Waals surface area contributed by atoms with Gasteiger partial charge in [0.1, 0.15) is 5.82 Å². The van der Waals surface area contributed by atoms with Crippen molar-refractivity contribution < 1.29 is 13.5 Å². The van der Waals surface area contributed by atoms with Gasteiger partial charge in [-0.2, -0.15) is 4.98 Å². The number of benzene rings is 1. The first-order valence-electron chi connectivity index (χ1n) is 7.53. The Balaban J connectivity index is 1.70. The molecule has 1 aromatic heterocycles. The van der Waals surface area contributed by atoms with E-state index in [2.05, 4.69) is 20.6 Å². The van der Waals surface area contributed by atoms with Crippen molar-refractivity contribution >= 4 is 17.5 Å². The maximum atomic E-state index is 13.3. The molecule has 2 N–H and O–H groups in total. The number of ether oxygens (including phenoxy) is 1. The third-order valence-corrected chi connectivity index (χ3v) is 3.56. The van der Waals surface area contributed by atoms with Crippen molar-refractivity contribution in [2.24, 2.45) is 0 Å². The van der Waals surface area contributed by atoms with E-state index in [0.717, 1.165) is 37.3 Å². The molecule has 0 spiro atoms. The number of nitrogens with zero attached hydrogens (tertiary/aromatic N) is 2. The van der Waals surface area contributed by atoms with Crippen molar-refractivity contribution in [1.29, 1.82) is 0 Å². The Morgan fingerprint density at radius 1 is 1.22 bits per heavy atom. The lowest BCUT2D eigenvalue weighted by Gasteiger charge is -2.13. The lowest BCUT2D eigenvalue weighted by Crippen LogP contribution is -2.19. The average Bonchev–Trinajstić information content (AvgIpc) is 3.02. The molecule has 2 aromatic rings. The van der Waals surface area contributed by atoms with Crippen molar-refractivity contribution in [2.45, 2.75) is 25.9 Å². The molecule has 122 valence electrons. The van der Waals surface area contributed by atoms with Gasteiger partial charge in [-0.3, -0.25) is 0 Å². The predicted molar refractivity (Wildman–Crippen MR) is 83.9 cm³/mol. The Bertz CT molecular complexity index is 690. The van der Waals surface area contributed by atoms with Crippen molar-refractivity contribution in [3.05, 3.63) is 41.6 Å². The zero-order valence-electron chi connectivity index (χ0n) is 12.8. The van der Waals surface area contributed by atoms with Gasteiger partial charge in [0.25, 0.3) is 0 Å². The van der Waals surface area contributed by atoms with Crippen LogP contribution >= 0.6 is 0 Å². The molecule has 1 aliphatic rings. The molecule has 1 unspecified atom stereocenters. The fourth-order valence-electron chi connectivity index (χ4n) is 2.44. The van der Waals surface area contributed by atoms with Crippen LogP contribution in [0, 0.1) is 18.6 Å². The molecular weight excluding hydrogens is 302 g/mol. The summed E-state index contributed by atoms with van der Waals surface area (Å²) < 4.78 is 31.8. The molecule has 2 heterocycles. The molecule has 0 aliphatic carbocycles. The van der Waals surface area contributed by atoms with E-state index in [0.29, 0.717) is 24.0 Å². The van der Waals surface area contributed by atoms with Gasteiger partial charge in [0.2, 0.25) is 5.95 Å². The summed E-state index contributed by atoms with van der Waals surface area (Å²) in [6, 6.07) is 5.39. The van der Waals surface area contributed by atoms with E-state index in [1.54, 1.807) is 0 Å². The summed E-state index contributed by atoms with van der Waals surface area (Å²) >= 11 is 0. The summed E-state index contributed by atoms with van der Waals surface area (Å²) in [6.45, 7) is 3.33. The largest absolute Gasteiger partial charge is 0.376 e. The van der Waals surface area contributed by atoms with Gasteiger partial charge in [0, 0.05) is 36.7 Å². The second-order valence-electron chi connectivity index (χ2n) is 5.49. The van der Waals surface area contributed by atoms with Crippen molar-refractivity contribution in [2.75, 3.05) is 23.8 Å². The number of hydrogen-bond donors (Lipinski definition) is 2. The number of aryl methyl sites for hydroxylation is 1. The number of hydrogen-bond acceptors (Lipinski definition) is 5. The molecule has 0 amide bonds. The number of halogens is 2. The van der Waals surface area contributed by atoms with Gasteiger partial charge < -0.3 is 15.4 Å². The summed E-state index contributed by atoms with van der Waals surface area (Å²) in [5.41, 5.74) is 1.15. The number of nitrogens with one attached hydrogen (secondary N) is 2. The highest BCUT2D eigenvalue weighted by Crippen LogP contribution is 2.19. The lowest BCUT2D eigenvalue weighted by molar-refractivity contribution is 0.120. The highest BCUT2D eigenvalue weighted by molar-refractivity contribution is 5.55. The van der Waals surface area contributed by atoms with Crippen molar-refractivity contribution in [1.82, 2.24) is 9.97 Å². The highest BCUT2D eigenvalue weighted by atomic mass is 19.2. The summed E-state index contributed by atoms with van der Waals surface area (Å²) in [4.78, 5) is 8.59. The molecule has 1 saturated heterocycles. The Morgan fingerprint density at radius 2 is 2.09 bits per heavy atom. The predicted octanol–water partition coefficient (Wildman–Crippen LogP) is 3.40. The van der Waals surface area contributed by atoms with Gasteiger partial charge in [-0.25, -0.2) is 13.8 Å². The molecule has 1 atom stereocenters. The van der Waals surface area contributed by atoms with E-state index in [-0.39, 0.29) is 6.10 Å². The van der Waals surface area contributed by atoms with Crippen LogP contribution in [-0.4, -0.2) is 29.2 Å². The molecule has 0 radical (unpaired) electrons. The second-order valence-corrected chi connectivity index (χ2v) is 5.49. The summed E-state index contributed by atoms with van der Waals surface area (Å²) in [6.07, 6.45) is 2.32. The monoisotopic (exact) mass is 320 g/mol. The molecule has 7 heteroatoms. The SMILES string of the molecule is Cc1cc(NCC2CCCO2)nc(Nc2ccc(F)c(F)c2)n1. The molecule has 0 saturated carbocycles. The number of rotatable bonds is 5. The van der Waals surface area contributed by atoms with Gasteiger partial charge in [-0.1, -0.05) is 0 Å². The average molecular weight is 320 g/mol. The minimum absolute atomic E-state index is 0.202. The maximum absolute atomic E-state index is 13.3. The van der Waals surface area contributed by atoms with E-state index < -0.39 is 11.6 Å². The Morgan fingerprint density at radius 3 is 2.83 bits per heavy atom. The van der Waals surface area contributed by atoms with Crippen molar-refractivity contribution in [3.63, 3.8) is 0 Å². The van der Waals surface area contributed by atoms with E-state index in [4.69, 9.17) is 4.74 Å². The van der Waals surface area contributed by atoms with Crippen LogP contribution in [-0.2, 0) is 4.74 Å². The normalized spacial score (nSPS) is 17.3. The van der Waals surface area contributed by atoms with Gasteiger partial charge >= 0.3 is 0 Å². The van der Waals surface area contributed by atoms with Gasteiger partial charge in [-0.05, 0) is 31.9 Å². The fourth-order valence-corrected chi connectivity index (χ4v) is 2.44. The molecular formula is C16H18F2N4O. The fraction of sp³-hybridized carbons (Fsp3) is 0.375. The summed E-state index contributed by atoms with van der Waals surface area (Å²) in [7, 11) is 0. The van der Waals surface area contributed by atoms with E-state index in [1.165, 1.54) is 6.07 Å². The number of anilines is 3. The second kappa shape index (κ2) is 6.87. The topological polar surface area (TPSA) is 59.1 Å².